The third-order valence-corrected chi connectivity index (χ3v) is 4.52. The van der Waals surface area contributed by atoms with E-state index in [0.717, 1.165) is 16.9 Å². The number of aromatic nitrogens is 5. The Labute approximate surface area is 159 Å². The van der Waals surface area contributed by atoms with E-state index in [4.69, 9.17) is 5.10 Å². The normalized spacial score (nSPS) is 12.8. The minimum absolute atomic E-state index is 0.138. The Kier molecular flexibility index (Phi) is 4.87. The second-order valence-corrected chi connectivity index (χ2v) is 7.91. The molecule has 3 rings (SSSR count). The molecule has 27 heavy (non-hydrogen) atoms. The first-order chi connectivity index (χ1) is 12.7. The molecule has 0 saturated heterocycles. The minimum Gasteiger partial charge on any atom is -0.309 e. The van der Waals surface area contributed by atoms with Gasteiger partial charge < -0.3 is 5.32 Å². The van der Waals surface area contributed by atoms with Crippen LogP contribution in [0.5, 0.6) is 0 Å². The van der Waals surface area contributed by atoms with Crippen molar-refractivity contribution >= 4 is 11.7 Å². The number of rotatable bonds is 4. The lowest BCUT2D eigenvalue weighted by molar-refractivity contribution is -0.119. The van der Waals surface area contributed by atoms with Gasteiger partial charge in [-0.1, -0.05) is 38.5 Å². The first-order valence-corrected chi connectivity index (χ1v) is 9.00. The number of benzene rings is 1. The summed E-state index contributed by atoms with van der Waals surface area (Å²) in [5, 5.41) is 11.8. The Morgan fingerprint density at radius 3 is 2.52 bits per heavy atom. The highest BCUT2D eigenvalue weighted by Gasteiger charge is 2.24. The molecule has 0 aliphatic heterocycles. The average Bonchev–Trinajstić information content (AvgIpc) is 3.23. The first kappa shape index (κ1) is 18.8. The number of hydrogen-bond acceptors (Lipinski definition) is 4. The van der Waals surface area contributed by atoms with Gasteiger partial charge in [-0.3, -0.25) is 4.79 Å². The molecule has 7 heteroatoms. The van der Waals surface area contributed by atoms with Crippen molar-refractivity contribution in [3.63, 3.8) is 0 Å². The molecule has 2 aromatic heterocycles. The third kappa shape index (κ3) is 3.92. The number of anilines is 1. The Morgan fingerprint density at radius 1 is 1.19 bits per heavy atom. The molecule has 1 atom stereocenters. The largest absolute Gasteiger partial charge is 0.309 e. The standard InChI is InChI=1S/C20H26N6O/c1-13-7-8-16(14(2)9-13)26-18(10-17(24-26)20(4,5)6)23-19(27)15(3)25-12-21-11-22-25/h7-12,15H,1-6H3,(H,23,27)/t15-/m1/s1. The maximum absolute atomic E-state index is 12.8. The van der Waals surface area contributed by atoms with Gasteiger partial charge in [0.15, 0.2) is 0 Å². The van der Waals surface area contributed by atoms with Gasteiger partial charge in [-0.2, -0.15) is 10.2 Å². The number of amides is 1. The van der Waals surface area contributed by atoms with Crippen LogP contribution >= 0.6 is 0 Å². The average molecular weight is 366 g/mol. The van der Waals surface area contributed by atoms with Crippen LogP contribution < -0.4 is 5.32 Å². The first-order valence-electron chi connectivity index (χ1n) is 9.00. The summed E-state index contributed by atoms with van der Waals surface area (Å²) >= 11 is 0. The highest BCUT2D eigenvalue weighted by molar-refractivity contribution is 5.93. The van der Waals surface area contributed by atoms with Gasteiger partial charge in [0.25, 0.3) is 0 Å². The lowest BCUT2D eigenvalue weighted by Crippen LogP contribution is -2.25. The molecular formula is C20H26N6O. The van der Waals surface area contributed by atoms with Crippen LogP contribution in [0.4, 0.5) is 5.82 Å². The summed E-state index contributed by atoms with van der Waals surface area (Å²) in [7, 11) is 0. The van der Waals surface area contributed by atoms with E-state index in [1.807, 2.05) is 25.1 Å². The molecule has 0 bridgehead atoms. The molecule has 2 heterocycles. The van der Waals surface area contributed by atoms with Crippen molar-refractivity contribution in [2.24, 2.45) is 0 Å². The smallest absolute Gasteiger partial charge is 0.250 e. The van der Waals surface area contributed by atoms with Crippen LogP contribution in [0.1, 0.15) is 50.6 Å². The summed E-state index contributed by atoms with van der Waals surface area (Å²) in [6.45, 7) is 12.2. The lowest BCUT2D eigenvalue weighted by Gasteiger charge is -2.15. The number of carbonyl (C=O) groups is 1. The summed E-state index contributed by atoms with van der Waals surface area (Å²) in [4.78, 5) is 16.7. The molecule has 142 valence electrons. The second kappa shape index (κ2) is 6.98. The van der Waals surface area contributed by atoms with Crippen molar-refractivity contribution in [3.05, 3.63) is 53.7 Å². The van der Waals surface area contributed by atoms with Crippen LogP contribution in [0.25, 0.3) is 5.69 Å². The van der Waals surface area contributed by atoms with Gasteiger partial charge in [-0.05, 0) is 32.4 Å². The molecule has 0 spiro atoms. The van der Waals surface area contributed by atoms with Gasteiger partial charge in [0.05, 0.1) is 11.4 Å². The van der Waals surface area contributed by atoms with Gasteiger partial charge in [0, 0.05) is 11.5 Å². The van der Waals surface area contributed by atoms with Gasteiger partial charge in [-0.25, -0.2) is 14.3 Å². The van der Waals surface area contributed by atoms with Crippen molar-refractivity contribution in [2.75, 3.05) is 5.32 Å². The monoisotopic (exact) mass is 366 g/mol. The van der Waals surface area contributed by atoms with Crippen LogP contribution in [0.2, 0.25) is 0 Å². The minimum atomic E-state index is -0.479. The Balaban J connectivity index is 2.00. The number of carbonyl (C=O) groups excluding carboxylic acids is 1. The topological polar surface area (TPSA) is 77.6 Å². The van der Waals surface area contributed by atoms with Crippen molar-refractivity contribution in [2.45, 2.75) is 53.0 Å². The fraction of sp³-hybridized carbons (Fsp3) is 0.400. The van der Waals surface area contributed by atoms with E-state index < -0.39 is 6.04 Å². The molecule has 0 saturated carbocycles. The van der Waals surface area contributed by atoms with Crippen LogP contribution in [-0.2, 0) is 10.2 Å². The van der Waals surface area contributed by atoms with Gasteiger partial charge in [-0.15, -0.1) is 0 Å². The van der Waals surface area contributed by atoms with Crippen molar-refractivity contribution < 1.29 is 4.79 Å². The van der Waals surface area contributed by atoms with Crippen molar-refractivity contribution in [3.8, 4) is 5.69 Å². The van der Waals surface area contributed by atoms with Crippen LogP contribution in [0, 0.1) is 13.8 Å². The van der Waals surface area contributed by atoms with Gasteiger partial charge >= 0.3 is 0 Å². The van der Waals surface area contributed by atoms with E-state index in [9.17, 15) is 4.79 Å². The second-order valence-electron chi connectivity index (χ2n) is 7.91. The number of nitrogens with one attached hydrogen (secondary N) is 1. The molecule has 1 aromatic carbocycles. The Bertz CT molecular complexity index is 950. The number of aryl methyl sites for hydroxylation is 2. The molecule has 0 unspecified atom stereocenters. The summed E-state index contributed by atoms with van der Waals surface area (Å²) in [5.41, 5.74) is 4.00. The molecule has 0 aliphatic carbocycles. The molecule has 1 amide bonds. The van der Waals surface area contributed by atoms with E-state index in [1.54, 1.807) is 11.6 Å². The predicted molar refractivity (Wildman–Crippen MR) is 105 cm³/mol. The van der Waals surface area contributed by atoms with E-state index >= 15 is 0 Å². The van der Waals surface area contributed by atoms with E-state index in [1.165, 1.54) is 22.9 Å². The van der Waals surface area contributed by atoms with Crippen molar-refractivity contribution in [1.29, 1.82) is 0 Å². The molecule has 0 aliphatic rings. The maximum atomic E-state index is 12.8. The van der Waals surface area contributed by atoms with Crippen LogP contribution in [-0.4, -0.2) is 30.5 Å². The fourth-order valence-corrected chi connectivity index (χ4v) is 2.83. The molecule has 7 nitrogen and oxygen atoms in total. The predicted octanol–water partition coefficient (Wildman–Crippen LogP) is 3.58. The van der Waals surface area contributed by atoms with E-state index in [-0.39, 0.29) is 11.3 Å². The summed E-state index contributed by atoms with van der Waals surface area (Å²) in [6.07, 6.45) is 2.95. The zero-order chi connectivity index (χ0) is 19.8. The van der Waals surface area contributed by atoms with E-state index in [0.29, 0.717) is 5.82 Å². The number of nitrogens with zero attached hydrogens (tertiary/aromatic N) is 5. The molecule has 1 N–H and O–H groups in total. The maximum Gasteiger partial charge on any atom is 0.250 e. The van der Waals surface area contributed by atoms with Crippen molar-refractivity contribution in [1.82, 2.24) is 24.5 Å². The third-order valence-electron chi connectivity index (χ3n) is 4.52. The highest BCUT2D eigenvalue weighted by Crippen LogP contribution is 2.28. The van der Waals surface area contributed by atoms with E-state index in [2.05, 4.69) is 49.2 Å². The molecular weight excluding hydrogens is 340 g/mol. The summed E-state index contributed by atoms with van der Waals surface area (Å²) in [6, 6.07) is 7.64. The fourth-order valence-electron chi connectivity index (χ4n) is 2.83. The van der Waals surface area contributed by atoms with Crippen LogP contribution in [0.15, 0.2) is 36.9 Å². The zero-order valence-electron chi connectivity index (χ0n) is 16.7. The quantitative estimate of drug-likeness (QED) is 0.765. The molecule has 3 aromatic rings. The Hall–Kier alpha value is -2.96. The van der Waals surface area contributed by atoms with Gasteiger partial charge in [0.2, 0.25) is 5.91 Å². The lowest BCUT2D eigenvalue weighted by atomic mass is 9.92. The van der Waals surface area contributed by atoms with Crippen LogP contribution in [0.3, 0.4) is 0 Å². The summed E-state index contributed by atoms with van der Waals surface area (Å²) in [5.74, 6) is 0.468. The molecule has 0 radical (unpaired) electrons. The number of hydrogen-bond donors (Lipinski definition) is 1. The highest BCUT2D eigenvalue weighted by atomic mass is 16.2. The zero-order valence-corrected chi connectivity index (χ0v) is 16.7. The molecule has 0 fully saturated rings. The Morgan fingerprint density at radius 2 is 1.93 bits per heavy atom. The van der Waals surface area contributed by atoms with Gasteiger partial charge in [0.1, 0.15) is 24.5 Å². The summed E-state index contributed by atoms with van der Waals surface area (Å²) < 4.78 is 3.33. The SMILES string of the molecule is Cc1ccc(-n2nc(C(C)(C)C)cc2NC(=O)[C@@H](C)n2cncn2)c(C)c1.